The van der Waals surface area contributed by atoms with E-state index in [1.54, 1.807) is 30.6 Å². The zero-order valence-corrected chi connectivity index (χ0v) is 18.0. The molecule has 0 saturated carbocycles. The summed E-state index contributed by atoms with van der Waals surface area (Å²) in [4.78, 5) is 43.5. The monoisotopic (exact) mass is 446 g/mol. The molecule has 0 spiro atoms. The van der Waals surface area contributed by atoms with Crippen molar-refractivity contribution >= 4 is 29.7 Å². The molecule has 0 N–H and O–H groups in total. The standard InChI is InChI=1S/C21H22N2O7S/c1-12(24)27-17-11-31-21(20(29-14(3)26)19(17)28-13(2)25)30-18-8-4-7-16(23-18)15-6-5-9-22-10-15/h4-10,17,19-21H,11H2,1-3H3/t17-,19+,20-,21?/m1/s1. The molecule has 1 unspecified atom stereocenters. The molecule has 31 heavy (non-hydrogen) atoms. The lowest BCUT2D eigenvalue weighted by molar-refractivity contribution is -0.186. The van der Waals surface area contributed by atoms with E-state index in [-0.39, 0.29) is 5.75 Å². The molecule has 2 aromatic rings. The summed E-state index contributed by atoms with van der Waals surface area (Å²) >= 11 is 1.27. The van der Waals surface area contributed by atoms with Crippen molar-refractivity contribution in [1.82, 2.24) is 9.97 Å². The van der Waals surface area contributed by atoms with Crippen LogP contribution in [-0.2, 0) is 28.6 Å². The molecule has 0 radical (unpaired) electrons. The predicted molar refractivity (Wildman–Crippen MR) is 111 cm³/mol. The number of aromatic nitrogens is 2. The summed E-state index contributed by atoms with van der Waals surface area (Å²) < 4.78 is 22.1. The first-order valence-corrected chi connectivity index (χ1v) is 10.6. The normalized spacial score (nSPS) is 22.8. The summed E-state index contributed by atoms with van der Waals surface area (Å²) in [7, 11) is 0. The number of esters is 3. The van der Waals surface area contributed by atoms with Crippen LogP contribution >= 0.6 is 11.8 Å². The van der Waals surface area contributed by atoms with Crippen LogP contribution < -0.4 is 4.74 Å². The van der Waals surface area contributed by atoms with Gasteiger partial charge in [-0.1, -0.05) is 6.07 Å². The Morgan fingerprint density at radius 1 is 0.935 bits per heavy atom. The molecule has 0 aliphatic carbocycles. The molecule has 3 heterocycles. The van der Waals surface area contributed by atoms with Crippen molar-refractivity contribution in [2.24, 2.45) is 0 Å². The number of hydrogen-bond donors (Lipinski definition) is 0. The van der Waals surface area contributed by atoms with Gasteiger partial charge in [-0.25, -0.2) is 4.98 Å². The Morgan fingerprint density at radius 3 is 2.29 bits per heavy atom. The van der Waals surface area contributed by atoms with Gasteiger partial charge in [-0.05, 0) is 18.2 Å². The minimum atomic E-state index is -1.02. The van der Waals surface area contributed by atoms with E-state index in [0.29, 0.717) is 11.6 Å². The minimum Gasteiger partial charge on any atom is -0.459 e. The maximum Gasteiger partial charge on any atom is 0.303 e. The van der Waals surface area contributed by atoms with Crippen LogP contribution in [0.15, 0.2) is 42.7 Å². The molecular formula is C21H22N2O7S. The third-order valence-corrected chi connectivity index (χ3v) is 5.44. The second-order valence-electron chi connectivity index (χ2n) is 6.72. The highest BCUT2D eigenvalue weighted by Gasteiger charge is 2.47. The molecular weight excluding hydrogens is 424 g/mol. The Morgan fingerprint density at radius 2 is 1.65 bits per heavy atom. The number of nitrogens with zero attached hydrogens (tertiary/aromatic N) is 2. The number of carbonyl (C=O) groups is 3. The summed E-state index contributed by atoms with van der Waals surface area (Å²) in [6, 6.07) is 8.95. The van der Waals surface area contributed by atoms with Crippen molar-refractivity contribution in [3.8, 4) is 17.1 Å². The molecule has 164 valence electrons. The molecule has 0 amide bonds. The van der Waals surface area contributed by atoms with Gasteiger partial charge in [0.25, 0.3) is 0 Å². The second-order valence-corrected chi connectivity index (χ2v) is 7.85. The Bertz CT molecular complexity index is 940. The molecule has 4 atom stereocenters. The summed E-state index contributed by atoms with van der Waals surface area (Å²) in [6.07, 6.45) is 0.543. The number of rotatable bonds is 6. The molecule has 1 aliphatic rings. The van der Waals surface area contributed by atoms with Gasteiger partial charge in [-0.15, -0.1) is 11.8 Å². The topological polar surface area (TPSA) is 114 Å². The highest BCUT2D eigenvalue weighted by atomic mass is 32.2. The highest BCUT2D eigenvalue weighted by molar-refractivity contribution is 7.99. The maximum atomic E-state index is 11.8. The molecule has 0 aromatic carbocycles. The summed E-state index contributed by atoms with van der Waals surface area (Å²) in [5.41, 5.74) is 0.731. The fraction of sp³-hybridized carbons (Fsp3) is 0.381. The molecule has 0 bridgehead atoms. The first-order chi connectivity index (χ1) is 14.8. The van der Waals surface area contributed by atoms with Crippen molar-refractivity contribution in [3.05, 3.63) is 42.7 Å². The first kappa shape index (κ1) is 22.5. The Labute approximate surface area is 183 Å². The highest BCUT2D eigenvalue weighted by Crippen LogP contribution is 2.34. The average molecular weight is 446 g/mol. The summed E-state index contributed by atoms with van der Waals surface area (Å²) in [6.45, 7) is 3.72. The van der Waals surface area contributed by atoms with E-state index in [0.717, 1.165) is 5.56 Å². The Hall–Kier alpha value is -3.14. The molecule has 2 aromatic heterocycles. The second kappa shape index (κ2) is 10.3. The van der Waals surface area contributed by atoms with Crippen LogP contribution in [-0.4, -0.2) is 57.4 Å². The smallest absolute Gasteiger partial charge is 0.303 e. The fourth-order valence-electron chi connectivity index (χ4n) is 3.08. The zero-order valence-electron chi connectivity index (χ0n) is 17.2. The van der Waals surface area contributed by atoms with Crippen LogP contribution in [0, 0.1) is 0 Å². The van der Waals surface area contributed by atoms with Gasteiger partial charge < -0.3 is 18.9 Å². The molecule has 1 saturated heterocycles. The zero-order chi connectivity index (χ0) is 22.4. The quantitative estimate of drug-likeness (QED) is 0.484. The van der Waals surface area contributed by atoms with E-state index in [2.05, 4.69) is 9.97 Å². The third-order valence-electron chi connectivity index (χ3n) is 4.22. The van der Waals surface area contributed by atoms with Gasteiger partial charge in [0.1, 0.15) is 0 Å². The van der Waals surface area contributed by atoms with Gasteiger partial charge in [0.05, 0.1) is 5.69 Å². The summed E-state index contributed by atoms with van der Waals surface area (Å²) in [5.74, 6) is -1.14. The van der Waals surface area contributed by atoms with Crippen LogP contribution in [0.3, 0.4) is 0 Å². The van der Waals surface area contributed by atoms with E-state index in [9.17, 15) is 14.4 Å². The van der Waals surface area contributed by atoms with Gasteiger partial charge in [0.15, 0.2) is 23.7 Å². The minimum absolute atomic E-state index is 0.280. The summed E-state index contributed by atoms with van der Waals surface area (Å²) in [5, 5.41) is 0. The van der Waals surface area contributed by atoms with Crippen LogP contribution in [0.25, 0.3) is 11.3 Å². The molecule has 3 rings (SSSR count). The van der Waals surface area contributed by atoms with Gasteiger partial charge in [-0.2, -0.15) is 0 Å². The van der Waals surface area contributed by atoms with E-state index < -0.39 is 41.7 Å². The van der Waals surface area contributed by atoms with E-state index >= 15 is 0 Å². The lowest BCUT2D eigenvalue weighted by atomic mass is 10.1. The van der Waals surface area contributed by atoms with Crippen LogP contribution in [0.5, 0.6) is 5.88 Å². The van der Waals surface area contributed by atoms with Gasteiger partial charge >= 0.3 is 17.9 Å². The number of thioether (sulfide) groups is 1. The number of pyridine rings is 2. The first-order valence-electron chi connectivity index (χ1n) is 9.51. The van der Waals surface area contributed by atoms with E-state index in [4.69, 9.17) is 18.9 Å². The Balaban J connectivity index is 1.86. The van der Waals surface area contributed by atoms with Crippen LogP contribution in [0.4, 0.5) is 0 Å². The largest absolute Gasteiger partial charge is 0.459 e. The SMILES string of the molecule is CC(=O)O[C@H]1[C@H](OC(C)=O)CSC(Oc2cccc(-c3cccnc3)n2)[C@@H]1OC(C)=O. The van der Waals surface area contributed by atoms with Crippen LogP contribution in [0.1, 0.15) is 20.8 Å². The van der Waals surface area contributed by atoms with Gasteiger partial charge in [0.2, 0.25) is 5.88 Å². The Kier molecular flexibility index (Phi) is 7.45. The molecule has 10 heteroatoms. The molecule has 1 aliphatic heterocycles. The van der Waals surface area contributed by atoms with Gasteiger partial charge in [-0.3, -0.25) is 19.4 Å². The van der Waals surface area contributed by atoms with Crippen LogP contribution in [0.2, 0.25) is 0 Å². The number of ether oxygens (including phenoxy) is 4. The lowest BCUT2D eigenvalue weighted by Crippen LogP contribution is -2.55. The number of hydrogen-bond acceptors (Lipinski definition) is 10. The maximum absolute atomic E-state index is 11.8. The van der Waals surface area contributed by atoms with Crippen molar-refractivity contribution < 1.29 is 33.3 Å². The third kappa shape index (κ3) is 6.17. The predicted octanol–water partition coefficient (Wildman–Crippen LogP) is 2.39. The molecule has 9 nitrogen and oxygen atoms in total. The van der Waals surface area contributed by atoms with Crippen molar-refractivity contribution in [3.63, 3.8) is 0 Å². The molecule has 1 fully saturated rings. The van der Waals surface area contributed by atoms with Crippen molar-refractivity contribution in [2.75, 3.05) is 5.75 Å². The van der Waals surface area contributed by atoms with E-state index in [1.807, 2.05) is 12.1 Å². The van der Waals surface area contributed by atoms with Crippen molar-refractivity contribution in [2.45, 2.75) is 44.5 Å². The number of carbonyl (C=O) groups excluding carboxylic acids is 3. The van der Waals surface area contributed by atoms with Crippen molar-refractivity contribution in [1.29, 1.82) is 0 Å². The van der Waals surface area contributed by atoms with E-state index in [1.165, 1.54) is 32.5 Å². The average Bonchev–Trinajstić information content (AvgIpc) is 2.72. The lowest BCUT2D eigenvalue weighted by Gasteiger charge is -2.39. The van der Waals surface area contributed by atoms with Gasteiger partial charge in [0, 0.05) is 50.5 Å². The fourth-order valence-corrected chi connectivity index (χ4v) is 4.29.